The van der Waals surface area contributed by atoms with Crippen molar-refractivity contribution in [2.75, 3.05) is 0 Å². The summed E-state index contributed by atoms with van der Waals surface area (Å²) in [6, 6.07) is 0. The maximum absolute atomic E-state index is 2.20. The van der Waals surface area contributed by atoms with E-state index in [9.17, 15) is 0 Å². The maximum Gasteiger partial charge on any atom is -0.0395 e. The van der Waals surface area contributed by atoms with Gasteiger partial charge >= 0.3 is 0 Å². The zero-order valence-corrected chi connectivity index (χ0v) is 17.7. The molecule has 0 aliphatic heterocycles. The lowest BCUT2D eigenvalue weighted by atomic mass is 10.0. The maximum atomic E-state index is 2.20. The topological polar surface area (TPSA) is 0 Å². The molecular formula is C25H36. The number of hydrogen-bond donors (Lipinski definition) is 0. The van der Waals surface area contributed by atoms with Crippen LogP contribution in [0.3, 0.4) is 0 Å². The Labute approximate surface area is 156 Å². The normalized spacial score (nSPS) is 15.9. The Morgan fingerprint density at radius 2 is 0.680 bits per heavy atom. The Bertz CT molecular complexity index is 674. The van der Waals surface area contributed by atoms with Crippen LogP contribution in [-0.2, 0) is 0 Å². The van der Waals surface area contributed by atoms with Crippen molar-refractivity contribution < 1.29 is 0 Å². The molecule has 0 unspecified atom stereocenters. The smallest absolute Gasteiger partial charge is 0.0395 e. The van der Waals surface area contributed by atoms with Gasteiger partial charge in [0.1, 0.15) is 0 Å². The fourth-order valence-corrected chi connectivity index (χ4v) is 1.82. The molecule has 136 valence electrons. The largest absolute Gasteiger partial charge is 0.0877 e. The molecular weight excluding hydrogens is 300 g/mol. The van der Waals surface area contributed by atoms with Gasteiger partial charge in [0.2, 0.25) is 0 Å². The van der Waals surface area contributed by atoms with Crippen LogP contribution in [0.4, 0.5) is 0 Å². The van der Waals surface area contributed by atoms with E-state index in [1.165, 1.54) is 39.0 Å². The SMILES string of the molecule is CC=CC=C(C)C(C)=CC=C(C)C(C)=CC=C(C)C(C)=CC=C(C)C. The summed E-state index contributed by atoms with van der Waals surface area (Å²) in [5, 5.41) is 0. The van der Waals surface area contributed by atoms with Crippen molar-refractivity contribution in [1.82, 2.24) is 0 Å². The summed E-state index contributed by atoms with van der Waals surface area (Å²) in [7, 11) is 0. The van der Waals surface area contributed by atoms with Crippen molar-refractivity contribution in [1.29, 1.82) is 0 Å². The molecule has 0 spiro atoms. The second kappa shape index (κ2) is 12.3. The molecule has 0 bridgehead atoms. The highest BCUT2D eigenvalue weighted by atomic mass is 14.0. The van der Waals surface area contributed by atoms with E-state index in [0.717, 1.165) is 0 Å². The first-order valence-electron chi connectivity index (χ1n) is 9.01. The van der Waals surface area contributed by atoms with Gasteiger partial charge in [-0.15, -0.1) is 0 Å². The summed E-state index contributed by atoms with van der Waals surface area (Å²) >= 11 is 0. The molecule has 0 nitrogen and oxygen atoms in total. The Hall–Kier alpha value is -2.08. The zero-order valence-electron chi connectivity index (χ0n) is 17.7. The Morgan fingerprint density at radius 1 is 0.400 bits per heavy atom. The van der Waals surface area contributed by atoms with E-state index >= 15 is 0 Å². The number of allylic oxidation sites excluding steroid dienone is 16. The van der Waals surface area contributed by atoms with Crippen molar-refractivity contribution in [3.05, 3.63) is 93.7 Å². The summed E-state index contributed by atoms with van der Waals surface area (Å²) in [4.78, 5) is 0. The molecule has 0 saturated carbocycles. The minimum absolute atomic E-state index is 1.29. The first-order valence-corrected chi connectivity index (χ1v) is 9.01. The molecule has 0 aliphatic carbocycles. The molecule has 0 radical (unpaired) electrons. The summed E-state index contributed by atoms with van der Waals surface area (Å²) in [5.74, 6) is 0. The molecule has 0 atom stereocenters. The second-order valence-corrected chi connectivity index (χ2v) is 6.87. The van der Waals surface area contributed by atoms with Crippen LogP contribution in [0, 0.1) is 0 Å². The third-order valence-electron chi connectivity index (χ3n) is 4.24. The minimum atomic E-state index is 1.29. The molecule has 0 heterocycles. The summed E-state index contributed by atoms with van der Waals surface area (Å²) in [6.07, 6.45) is 19.4. The van der Waals surface area contributed by atoms with E-state index in [1.807, 2.05) is 13.0 Å². The van der Waals surface area contributed by atoms with Gasteiger partial charge in [-0.1, -0.05) is 60.3 Å². The Balaban J connectivity index is 5.24. The molecule has 0 amide bonds. The van der Waals surface area contributed by atoms with E-state index < -0.39 is 0 Å². The van der Waals surface area contributed by atoms with E-state index in [4.69, 9.17) is 0 Å². The lowest BCUT2D eigenvalue weighted by Crippen LogP contribution is -1.82. The average Bonchev–Trinajstić information content (AvgIpc) is 2.58. The number of rotatable bonds is 7. The highest BCUT2D eigenvalue weighted by molar-refractivity contribution is 5.40. The fraction of sp³-hybridized carbons (Fsp3) is 0.360. The molecule has 0 aliphatic rings. The van der Waals surface area contributed by atoms with Crippen LogP contribution < -0.4 is 0 Å². The Kier molecular flexibility index (Phi) is 11.3. The van der Waals surface area contributed by atoms with Gasteiger partial charge in [0.25, 0.3) is 0 Å². The van der Waals surface area contributed by atoms with Crippen LogP contribution in [0.1, 0.15) is 62.3 Å². The van der Waals surface area contributed by atoms with Crippen molar-refractivity contribution in [3.8, 4) is 0 Å². The van der Waals surface area contributed by atoms with Gasteiger partial charge in [0.05, 0.1) is 0 Å². The molecule has 0 aromatic rings. The summed E-state index contributed by atoms with van der Waals surface area (Å²) in [6.45, 7) is 19.2. The summed E-state index contributed by atoms with van der Waals surface area (Å²) in [5.41, 5.74) is 9.06. The fourth-order valence-electron chi connectivity index (χ4n) is 1.82. The second-order valence-electron chi connectivity index (χ2n) is 6.87. The van der Waals surface area contributed by atoms with Crippen molar-refractivity contribution in [3.63, 3.8) is 0 Å². The van der Waals surface area contributed by atoms with Gasteiger partial charge in [-0.3, -0.25) is 0 Å². The lowest BCUT2D eigenvalue weighted by Gasteiger charge is -2.03. The van der Waals surface area contributed by atoms with Gasteiger partial charge in [-0.25, -0.2) is 0 Å². The van der Waals surface area contributed by atoms with E-state index in [1.54, 1.807) is 0 Å². The zero-order chi connectivity index (χ0) is 19.4. The van der Waals surface area contributed by atoms with Gasteiger partial charge < -0.3 is 0 Å². The molecule has 0 saturated heterocycles. The lowest BCUT2D eigenvalue weighted by molar-refractivity contribution is 1.30. The standard InChI is InChI=1S/C25H36/c1-10-11-12-20(4)22(6)15-16-24(8)25(9)18-17-23(7)21(5)14-13-19(2)3/h10-18H,1-9H3. The molecule has 0 fully saturated rings. The third kappa shape index (κ3) is 10.4. The van der Waals surface area contributed by atoms with E-state index in [0.29, 0.717) is 0 Å². The predicted molar refractivity (Wildman–Crippen MR) is 117 cm³/mol. The van der Waals surface area contributed by atoms with Crippen LogP contribution in [0.25, 0.3) is 0 Å². The molecule has 0 aromatic heterocycles. The molecule has 0 aromatic carbocycles. The molecule has 0 N–H and O–H groups in total. The van der Waals surface area contributed by atoms with Gasteiger partial charge in [-0.2, -0.15) is 0 Å². The van der Waals surface area contributed by atoms with Crippen molar-refractivity contribution >= 4 is 0 Å². The summed E-state index contributed by atoms with van der Waals surface area (Å²) < 4.78 is 0. The van der Waals surface area contributed by atoms with Gasteiger partial charge in [0, 0.05) is 0 Å². The highest BCUT2D eigenvalue weighted by Crippen LogP contribution is 2.15. The first kappa shape index (κ1) is 22.9. The van der Waals surface area contributed by atoms with Crippen LogP contribution in [0.15, 0.2) is 93.7 Å². The van der Waals surface area contributed by atoms with Crippen LogP contribution in [0.5, 0.6) is 0 Å². The van der Waals surface area contributed by atoms with Gasteiger partial charge in [-0.05, 0) is 95.8 Å². The first-order chi connectivity index (χ1) is 11.7. The van der Waals surface area contributed by atoms with Crippen molar-refractivity contribution in [2.45, 2.75) is 62.3 Å². The van der Waals surface area contributed by atoms with E-state index in [2.05, 4.69) is 104 Å². The molecule has 0 rings (SSSR count). The molecule has 25 heavy (non-hydrogen) atoms. The highest BCUT2D eigenvalue weighted by Gasteiger charge is 1.94. The van der Waals surface area contributed by atoms with Crippen LogP contribution in [-0.4, -0.2) is 0 Å². The van der Waals surface area contributed by atoms with Crippen LogP contribution in [0.2, 0.25) is 0 Å². The average molecular weight is 337 g/mol. The van der Waals surface area contributed by atoms with Crippen LogP contribution >= 0.6 is 0 Å². The van der Waals surface area contributed by atoms with Gasteiger partial charge in [0.15, 0.2) is 0 Å². The monoisotopic (exact) mass is 336 g/mol. The molecule has 0 heteroatoms. The third-order valence-corrected chi connectivity index (χ3v) is 4.24. The number of hydrogen-bond acceptors (Lipinski definition) is 0. The minimum Gasteiger partial charge on any atom is -0.0877 e. The van der Waals surface area contributed by atoms with E-state index in [-0.39, 0.29) is 0 Å². The Morgan fingerprint density at radius 3 is 0.960 bits per heavy atom. The predicted octanol–water partition coefficient (Wildman–Crippen LogP) is 8.21. The van der Waals surface area contributed by atoms with Crippen molar-refractivity contribution in [2.24, 2.45) is 0 Å². The quantitative estimate of drug-likeness (QED) is 0.411.